The second-order valence-electron chi connectivity index (χ2n) is 8.47. The summed E-state index contributed by atoms with van der Waals surface area (Å²) in [5.74, 6) is -0.749. The fourth-order valence-electron chi connectivity index (χ4n) is 3.81. The van der Waals surface area contributed by atoms with E-state index in [1.807, 2.05) is 20.8 Å². The number of aromatic nitrogens is 3. The molecule has 29 heavy (non-hydrogen) atoms. The number of rotatable bonds is 1. The average molecular weight is 404 g/mol. The van der Waals surface area contributed by atoms with Crippen LogP contribution in [0.15, 0.2) is 10.8 Å². The van der Waals surface area contributed by atoms with E-state index in [-0.39, 0.29) is 13.0 Å². The van der Waals surface area contributed by atoms with E-state index in [0.29, 0.717) is 36.5 Å². The number of carbonyl (C=O) groups excluding carboxylic acids is 2. The smallest absolute Gasteiger partial charge is 0.410 e. The molecule has 0 bridgehead atoms. The van der Waals surface area contributed by atoms with Gasteiger partial charge in [0.25, 0.3) is 0 Å². The van der Waals surface area contributed by atoms with Gasteiger partial charge < -0.3 is 24.0 Å². The quantitative estimate of drug-likeness (QED) is 0.706. The van der Waals surface area contributed by atoms with Crippen molar-refractivity contribution in [2.24, 2.45) is 0 Å². The maximum Gasteiger partial charge on any atom is 0.410 e. The zero-order valence-corrected chi connectivity index (χ0v) is 16.9. The highest BCUT2D eigenvalue weighted by atomic mass is 16.6. The predicted molar refractivity (Wildman–Crippen MR) is 98.7 cm³/mol. The van der Waals surface area contributed by atoms with Gasteiger partial charge in [0.05, 0.1) is 31.6 Å². The molecule has 0 aliphatic carbocycles. The first-order valence-corrected chi connectivity index (χ1v) is 9.42. The molecule has 2 aromatic rings. The summed E-state index contributed by atoms with van der Waals surface area (Å²) < 4.78 is 17.0. The molecule has 1 atom stereocenters. The molecule has 0 saturated heterocycles. The number of nitrogens with zero attached hydrogens (tertiary/aromatic N) is 4. The second kappa shape index (κ2) is 6.58. The fourth-order valence-corrected chi connectivity index (χ4v) is 3.81. The Bertz CT molecular complexity index is 972. The summed E-state index contributed by atoms with van der Waals surface area (Å²) in [7, 11) is 1.23. The highest BCUT2D eigenvalue weighted by Crippen LogP contribution is 2.37. The molecule has 10 nitrogen and oxygen atoms in total. The van der Waals surface area contributed by atoms with Crippen LogP contribution in [0.2, 0.25) is 0 Å². The van der Waals surface area contributed by atoms with E-state index in [9.17, 15) is 14.7 Å². The Morgan fingerprint density at radius 1 is 1.34 bits per heavy atom. The van der Waals surface area contributed by atoms with Crippen LogP contribution in [-0.4, -0.2) is 61.9 Å². The third kappa shape index (κ3) is 3.37. The van der Waals surface area contributed by atoms with Gasteiger partial charge in [-0.1, -0.05) is 5.16 Å². The standard InChI is InChI=1S/C19H24N4O6/c1-18(2,3)29-17(25)22-6-5-13-12(8-22)15-14-11(9-28-21-14)7-19(26,16(24)27-4)10-23(15)20-13/h9,26H,5-8,10H2,1-4H3. The van der Waals surface area contributed by atoms with E-state index in [0.717, 1.165) is 11.3 Å². The molecule has 2 aromatic heterocycles. The van der Waals surface area contributed by atoms with E-state index < -0.39 is 23.3 Å². The molecule has 0 fully saturated rings. The van der Waals surface area contributed by atoms with E-state index in [1.165, 1.54) is 13.4 Å². The number of amides is 1. The van der Waals surface area contributed by atoms with Gasteiger partial charge >= 0.3 is 12.1 Å². The minimum Gasteiger partial charge on any atom is -0.467 e. The van der Waals surface area contributed by atoms with Crippen molar-refractivity contribution < 1.29 is 28.7 Å². The molecule has 4 rings (SSSR count). The number of esters is 1. The van der Waals surface area contributed by atoms with Crippen LogP contribution in [0.25, 0.3) is 11.4 Å². The summed E-state index contributed by atoms with van der Waals surface area (Å²) in [6, 6.07) is 0. The van der Waals surface area contributed by atoms with Gasteiger partial charge in [-0.05, 0) is 20.8 Å². The SMILES string of the molecule is COC(=O)C1(O)Cc2conc2-c2c3c(nn2C1)CCN(C(=O)OC(C)(C)C)C3. The van der Waals surface area contributed by atoms with Crippen LogP contribution < -0.4 is 0 Å². The van der Waals surface area contributed by atoms with E-state index in [4.69, 9.17) is 14.0 Å². The van der Waals surface area contributed by atoms with Crippen LogP contribution >= 0.6 is 0 Å². The number of carbonyl (C=O) groups is 2. The lowest BCUT2D eigenvalue weighted by molar-refractivity contribution is -0.164. The fraction of sp³-hybridized carbons (Fsp3) is 0.579. The van der Waals surface area contributed by atoms with E-state index in [1.54, 1.807) is 9.58 Å². The van der Waals surface area contributed by atoms with Gasteiger partial charge in [0.1, 0.15) is 17.6 Å². The van der Waals surface area contributed by atoms with Crippen LogP contribution in [0.3, 0.4) is 0 Å². The summed E-state index contributed by atoms with van der Waals surface area (Å²) in [5.41, 5.74) is 0.938. The number of hydrogen-bond acceptors (Lipinski definition) is 8. The summed E-state index contributed by atoms with van der Waals surface area (Å²) in [4.78, 5) is 26.4. The number of methoxy groups -OCH3 is 1. The Balaban J connectivity index is 1.74. The monoisotopic (exact) mass is 404 g/mol. The van der Waals surface area contributed by atoms with Gasteiger partial charge in [-0.2, -0.15) is 5.10 Å². The van der Waals surface area contributed by atoms with Crippen molar-refractivity contribution >= 4 is 12.1 Å². The Labute approximate surface area is 167 Å². The molecule has 10 heteroatoms. The Morgan fingerprint density at radius 3 is 2.79 bits per heavy atom. The van der Waals surface area contributed by atoms with Crippen molar-refractivity contribution in [1.29, 1.82) is 0 Å². The highest BCUT2D eigenvalue weighted by Gasteiger charge is 2.44. The molecule has 0 spiro atoms. The molecular formula is C19H24N4O6. The molecule has 2 aliphatic rings. The van der Waals surface area contributed by atoms with Crippen molar-refractivity contribution in [1.82, 2.24) is 19.8 Å². The second-order valence-corrected chi connectivity index (χ2v) is 8.47. The summed E-state index contributed by atoms with van der Waals surface area (Å²) in [5, 5.41) is 19.7. The van der Waals surface area contributed by atoms with E-state index in [2.05, 4.69) is 10.3 Å². The lowest BCUT2D eigenvalue weighted by Gasteiger charge is -2.29. The molecule has 1 N–H and O–H groups in total. The molecule has 0 saturated carbocycles. The van der Waals surface area contributed by atoms with Crippen molar-refractivity contribution in [3.8, 4) is 11.4 Å². The van der Waals surface area contributed by atoms with E-state index >= 15 is 0 Å². The average Bonchev–Trinajstić information content (AvgIpc) is 3.19. The zero-order chi connectivity index (χ0) is 21.0. The minimum absolute atomic E-state index is 0.00752. The van der Waals surface area contributed by atoms with Crippen LogP contribution in [0.4, 0.5) is 4.79 Å². The largest absolute Gasteiger partial charge is 0.467 e. The molecule has 0 radical (unpaired) electrons. The first-order chi connectivity index (χ1) is 13.6. The molecule has 156 valence electrons. The first kappa shape index (κ1) is 19.4. The van der Waals surface area contributed by atoms with Crippen molar-refractivity contribution in [2.45, 2.75) is 57.9 Å². The van der Waals surface area contributed by atoms with Crippen LogP contribution in [-0.2, 0) is 40.2 Å². The Morgan fingerprint density at radius 2 is 2.10 bits per heavy atom. The molecular weight excluding hydrogens is 380 g/mol. The molecule has 1 unspecified atom stereocenters. The van der Waals surface area contributed by atoms with Crippen molar-refractivity contribution in [2.75, 3.05) is 13.7 Å². The maximum atomic E-state index is 12.5. The van der Waals surface area contributed by atoms with Gasteiger partial charge in [-0.3, -0.25) is 4.68 Å². The van der Waals surface area contributed by atoms with Crippen LogP contribution in [0.5, 0.6) is 0 Å². The molecule has 0 aromatic carbocycles. The summed E-state index contributed by atoms with van der Waals surface area (Å²) in [6.07, 6.45) is 1.53. The zero-order valence-electron chi connectivity index (χ0n) is 16.9. The van der Waals surface area contributed by atoms with Crippen LogP contribution in [0, 0.1) is 0 Å². The summed E-state index contributed by atoms with van der Waals surface area (Å²) in [6.45, 7) is 6.14. The van der Waals surface area contributed by atoms with Gasteiger partial charge in [0.15, 0.2) is 5.60 Å². The number of hydrogen-bond donors (Lipinski definition) is 1. The molecule has 1 amide bonds. The third-order valence-electron chi connectivity index (χ3n) is 5.08. The van der Waals surface area contributed by atoms with Crippen LogP contribution in [0.1, 0.15) is 37.6 Å². The Kier molecular flexibility index (Phi) is 4.41. The van der Waals surface area contributed by atoms with Gasteiger partial charge in [0, 0.05) is 30.5 Å². The number of fused-ring (bicyclic) bond motifs is 5. The first-order valence-electron chi connectivity index (χ1n) is 9.42. The van der Waals surface area contributed by atoms with Gasteiger partial charge in [0.2, 0.25) is 0 Å². The lowest BCUT2D eigenvalue weighted by atomic mass is 9.95. The van der Waals surface area contributed by atoms with Gasteiger partial charge in [-0.15, -0.1) is 0 Å². The lowest BCUT2D eigenvalue weighted by Crippen LogP contribution is -2.45. The maximum absolute atomic E-state index is 12.5. The highest BCUT2D eigenvalue weighted by molar-refractivity contribution is 5.81. The van der Waals surface area contributed by atoms with Crippen molar-refractivity contribution in [3.63, 3.8) is 0 Å². The topological polar surface area (TPSA) is 120 Å². The van der Waals surface area contributed by atoms with Crippen molar-refractivity contribution in [3.05, 3.63) is 23.1 Å². The molecule has 2 aliphatic heterocycles. The molecule has 4 heterocycles. The predicted octanol–water partition coefficient (Wildman–Crippen LogP) is 1.29. The number of ether oxygens (including phenoxy) is 2. The third-order valence-corrected chi connectivity index (χ3v) is 5.08. The Hall–Kier alpha value is -2.88. The summed E-state index contributed by atoms with van der Waals surface area (Å²) >= 11 is 0. The number of aliphatic hydroxyl groups is 1. The van der Waals surface area contributed by atoms with Gasteiger partial charge in [-0.25, -0.2) is 9.59 Å². The minimum atomic E-state index is -1.79. The normalized spacial score (nSPS) is 20.9.